The highest BCUT2D eigenvalue weighted by atomic mass is 16.3. The van der Waals surface area contributed by atoms with E-state index in [9.17, 15) is 5.11 Å². The van der Waals surface area contributed by atoms with E-state index in [2.05, 4.69) is 53.5 Å². The first-order valence-electron chi connectivity index (χ1n) is 10.0. The lowest BCUT2D eigenvalue weighted by atomic mass is 9.85. The number of hydrogen-bond donors (Lipinski definition) is 2. The highest BCUT2D eigenvalue weighted by Gasteiger charge is 2.41. The third-order valence-electron chi connectivity index (χ3n) is 6.21. The number of aromatic hydroxyl groups is 1. The van der Waals surface area contributed by atoms with E-state index in [1.165, 1.54) is 36.8 Å². The summed E-state index contributed by atoms with van der Waals surface area (Å²) in [4.78, 5) is 2.75. The van der Waals surface area contributed by atoms with Crippen molar-refractivity contribution >= 4 is 0 Å². The molecule has 2 aromatic carbocycles. The van der Waals surface area contributed by atoms with Gasteiger partial charge in [-0.1, -0.05) is 42.5 Å². The lowest BCUT2D eigenvalue weighted by Gasteiger charge is -2.40. The number of fused-ring (bicyclic) bond motifs is 2. The van der Waals surface area contributed by atoms with Crippen molar-refractivity contribution in [1.29, 1.82) is 0 Å². The van der Waals surface area contributed by atoms with Crippen LogP contribution < -0.4 is 5.32 Å². The van der Waals surface area contributed by atoms with Crippen molar-refractivity contribution in [2.24, 2.45) is 0 Å². The Labute approximate surface area is 157 Å². The molecule has 0 spiro atoms. The van der Waals surface area contributed by atoms with Gasteiger partial charge in [-0.15, -0.1) is 0 Å². The van der Waals surface area contributed by atoms with Gasteiger partial charge in [0.05, 0.1) is 0 Å². The first-order valence-corrected chi connectivity index (χ1v) is 10.0. The van der Waals surface area contributed by atoms with Crippen molar-refractivity contribution in [2.45, 2.75) is 63.2 Å². The Hall–Kier alpha value is -1.84. The number of nitrogens with zero attached hydrogens (tertiary/aromatic N) is 1. The Morgan fingerprint density at radius 3 is 2.46 bits per heavy atom. The summed E-state index contributed by atoms with van der Waals surface area (Å²) in [5.74, 6) is 0.999. The molecule has 26 heavy (non-hydrogen) atoms. The molecule has 0 radical (unpaired) electrons. The van der Waals surface area contributed by atoms with Crippen LogP contribution in [0.1, 0.15) is 49.7 Å². The molecule has 2 N–H and O–H groups in total. The van der Waals surface area contributed by atoms with Gasteiger partial charge in [-0.2, -0.15) is 0 Å². The van der Waals surface area contributed by atoms with Crippen LogP contribution in [0.2, 0.25) is 0 Å². The molecule has 2 aromatic rings. The summed E-state index contributed by atoms with van der Waals surface area (Å²) in [6, 6.07) is 20.4. The van der Waals surface area contributed by atoms with E-state index in [1.54, 1.807) is 6.07 Å². The molecule has 3 atom stereocenters. The normalized spacial score (nSPS) is 26.7. The van der Waals surface area contributed by atoms with Crippen LogP contribution in [0, 0.1) is 0 Å². The molecule has 3 unspecified atom stereocenters. The fourth-order valence-electron chi connectivity index (χ4n) is 4.89. The van der Waals surface area contributed by atoms with E-state index in [-0.39, 0.29) is 0 Å². The van der Waals surface area contributed by atoms with Crippen molar-refractivity contribution in [2.75, 3.05) is 6.54 Å². The monoisotopic (exact) mass is 350 g/mol. The first kappa shape index (κ1) is 17.6. The number of phenolic OH excluding ortho intramolecular Hbond substituents is 1. The molecule has 0 aromatic heterocycles. The van der Waals surface area contributed by atoms with Crippen LogP contribution >= 0.6 is 0 Å². The molecular formula is C23H30N2O. The zero-order valence-electron chi connectivity index (χ0n) is 15.6. The third kappa shape index (κ3) is 3.94. The maximum Gasteiger partial charge on any atom is 0.115 e. The van der Waals surface area contributed by atoms with Crippen LogP contribution in [0.5, 0.6) is 5.75 Å². The van der Waals surface area contributed by atoms with Gasteiger partial charge in [0.15, 0.2) is 0 Å². The summed E-state index contributed by atoms with van der Waals surface area (Å²) in [6.07, 6.45) is 5.10. The highest BCUT2D eigenvalue weighted by Crippen LogP contribution is 2.43. The molecule has 0 amide bonds. The van der Waals surface area contributed by atoms with E-state index in [1.807, 2.05) is 12.1 Å². The minimum atomic E-state index is 0.399. The van der Waals surface area contributed by atoms with Crippen LogP contribution in [-0.2, 0) is 6.54 Å². The average Bonchev–Trinajstić information content (AvgIpc) is 2.89. The molecular weight excluding hydrogens is 320 g/mol. The average molecular weight is 351 g/mol. The number of benzene rings is 2. The molecule has 0 saturated carbocycles. The van der Waals surface area contributed by atoms with Gasteiger partial charge in [0.1, 0.15) is 5.75 Å². The molecule has 2 fully saturated rings. The van der Waals surface area contributed by atoms with Gasteiger partial charge in [-0.25, -0.2) is 0 Å². The minimum Gasteiger partial charge on any atom is -0.508 e. The van der Waals surface area contributed by atoms with Crippen LogP contribution in [0.15, 0.2) is 54.6 Å². The van der Waals surface area contributed by atoms with Crippen molar-refractivity contribution < 1.29 is 5.11 Å². The smallest absolute Gasteiger partial charge is 0.115 e. The summed E-state index contributed by atoms with van der Waals surface area (Å²) in [5.41, 5.74) is 2.67. The molecule has 2 bridgehead atoms. The fraction of sp³-hybridized carbons (Fsp3) is 0.478. The SMILES string of the molecule is CC(CN1C2CCC1CC(c1cccc(O)c1)C2)NCc1ccccc1. The molecule has 2 aliphatic heterocycles. The van der Waals surface area contributed by atoms with Crippen LogP contribution in [0.25, 0.3) is 0 Å². The van der Waals surface area contributed by atoms with Gasteiger partial charge in [-0.3, -0.25) is 4.90 Å². The lowest BCUT2D eigenvalue weighted by Crippen LogP contribution is -2.48. The molecule has 0 aliphatic carbocycles. The number of nitrogens with one attached hydrogen (secondary N) is 1. The molecule has 3 heteroatoms. The van der Waals surface area contributed by atoms with E-state index < -0.39 is 0 Å². The zero-order valence-corrected chi connectivity index (χ0v) is 15.6. The summed E-state index contributed by atoms with van der Waals surface area (Å²) in [5, 5.41) is 13.5. The van der Waals surface area contributed by atoms with E-state index >= 15 is 0 Å². The number of hydrogen-bond acceptors (Lipinski definition) is 3. The van der Waals surface area contributed by atoms with Crippen LogP contribution in [0.4, 0.5) is 0 Å². The number of phenols is 1. The Bertz CT molecular complexity index is 703. The van der Waals surface area contributed by atoms with Crippen molar-refractivity contribution in [1.82, 2.24) is 10.2 Å². The van der Waals surface area contributed by atoms with Gasteiger partial charge >= 0.3 is 0 Å². The second kappa shape index (κ2) is 7.81. The summed E-state index contributed by atoms with van der Waals surface area (Å²) in [6.45, 7) is 4.38. The Balaban J connectivity index is 1.33. The quantitative estimate of drug-likeness (QED) is 0.816. The van der Waals surface area contributed by atoms with Crippen LogP contribution in [-0.4, -0.2) is 34.7 Å². The molecule has 2 aliphatic rings. The maximum absolute atomic E-state index is 9.80. The van der Waals surface area contributed by atoms with Crippen molar-refractivity contribution in [3.63, 3.8) is 0 Å². The van der Waals surface area contributed by atoms with Gasteiger partial charge in [-0.05, 0) is 61.8 Å². The Morgan fingerprint density at radius 2 is 1.77 bits per heavy atom. The number of piperidine rings is 1. The summed E-state index contributed by atoms with van der Waals surface area (Å²) < 4.78 is 0. The highest BCUT2D eigenvalue weighted by molar-refractivity contribution is 5.30. The van der Waals surface area contributed by atoms with E-state index in [4.69, 9.17) is 0 Å². The third-order valence-corrected chi connectivity index (χ3v) is 6.21. The minimum absolute atomic E-state index is 0.399. The molecule has 138 valence electrons. The summed E-state index contributed by atoms with van der Waals surface area (Å²) >= 11 is 0. The van der Waals surface area contributed by atoms with E-state index in [0.29, 0.717) is 29.8 Å². The van der Waals surface area contributed by atoms with Gasteiger partial charge in [0.2, 0.25) is 0 Å². The Morgan fingerprint density at radius 1 is 1.04 bits per heavy atom. The second-order valence-electron chi connectivity index (χ2n) is 8.11. The van der Waals surface area contributed by atoms with Crippen molar-refractivity contribution in [3.05, 3.63) is 65.7 Å². The first-order chi connectivity index (χ1) is 12.7. The number of rotatable bonds is 6. The van der Waals surface area contributed by atoms with Gasteiger partial charge in [0.25, 0.3) is 0 Å². The van der Waals surface area contributed by atoms with Gasteiger partial charge in [0, 0.05) is 31.2 Å². The predicted octanol–water partition coefficient (Wildman–Crippen LogP) is 4.28. The van der Waals surface area contributed by atoms with Crippen molar-refractivity contribution in [3.8, 4) is 5.75 Å². The largest absolute Gasteiger partial charge is 0.508 e. The lowest BCUT2D eigenvalue weighted by molar-refractivity contribution is 0.115. The predicted molar refractivity (Wildman–Crippen MR) is 106 cm³/mol. The van der Waals surface area contributed by atoms with Crippen LogP contribution in [0.3, 0.4) is 0 Å². The molecule has 3 nitrogen and oxygen atoms in total. The molecule has 2 heterocycles. The molecule has 4 rings (SSSR count). The second-order valence-corrected chi connectivity index (χ2v) is 8.11. The zero-order chi connectivity index (χ0) is 17.9. The maximum atomic E-state index is 9.80. The van der Waals surface area contributed by atoms with Gasteiger partial charge < -0.3 is 10.4 Å². The standard InChI is InChI=1S/C23H30N2O/c1-17(24-15-18-6-3-2-4-7-18)16-25-21-10-11-22(25)13-20(12-21)19-8-5-9-23(26)14-19/h2-9,14,17,20-22,24,26H,10-13,15-16H2,1H3. The van der Waals surface area contributed by atoms with E-state index in [0.717, 1.165) is 13.1 Å². The topological polar surface area (TPSA) is 35.5 Å². The fourth-order valence-corrected chi connectivity index (χ4v) is 4.89. The summed E-state index contributed by atoms with van der Waals surface area (Å²) in [7, 11) is 0. The Kier molecular flexibility index (Phi) is 5.28. The molecule has 2 saturated heterocycles.